The molecule has 1 N–H and O–H groups in total. The Hall–Kier alpha value is -1.26. The summed E-state index contributed by atoms with van der Waals surface area (Å²) in [5.41, 5.74) is -0.528. The fourth-order valence-electron chi connectivity index (χ4n) is 3.15. The summed E-state index contributed by atoms with van der Waals surface area (Å²) in [7, 11) is 0. The number of carbonyl (C=O) groups is 2. The predicted molar refractivity (Wildman–Crippen MR) is 71.7 cm³/mol. The van der Waals surface area contributed by atoms with Gasteiger partial charge in [-0.2, -0.15) is 0 Å². The van der Waals surface area contributed by atoms with Gasteiger partial charge in [0.15, 0.2) is 0 Å². The maximum atomic E-state index is 12.3. The summed E-state index contributed by atoms with van der Waals surface area (Å²) in [6.45, 7) is 10.1. The van der Waals surface area contributed by atoms with E-state index in [-0.39, 0.29) is 11.4 Å². The molecule has 19 heavy (non-hydrogen) atoms. The van der Waals surface area contributed by atoms with Crippen LogP contribution in [0.2, 0.25) is 0 Å². The van der Waals surface area contributed by atoms with Crippen molar-refractivity contribution in [2.24, 2.45) is 5.92 Å². The molecule has 3 rings (SSSR count). The first-order valence-electron chi connectivity index (χ1n) is 6.92. The topological polar surface area (TPSA) is 58.6 Å². The van der Waals surface area contributed by atoms with Crippen LogP contribution in [-0.4, -0.2) is 40.6 Å². The summed E-state index contributed by atoms with van der Waals surface area (Å²) < 4.78 is 5.16. The van der Waals surface area contributed by atoms with Crippen molar-refractivity contribution in [3.63, 3.8) is 0 Å². The van der Waals surface area contributed by atoms with E-state index in [2.05, 4.69) is 12.2 Å². The van der Waals surface area contributed by atoms with Gasteiger partial charge in [-0.3, -0.25) is 4.79 Å². The maximum absolute atomic E-state index is 12.3. The van der Waals surface area contributed by atoms with Crippen LogP contribution in [-0.2, 0) is 9.53 Å². The SMILES string of the molecule is C[C@@H](NC(=O)OC(C)(C)C)C(=O)N1CC2CC1(C)C2. The lowest BCUT2D eigenvalue weighted by molar-refractivity contribution is -0.136. The van der Waals surface area contributed by atoms with E-state index in [4.69, 9.17) is 4.74 Å². The lowest BCUT2D eigenvalue weighted by atomic mass is 9.75. The van der Waals surface area contributed by atoms with E-state index in [1.54, 1.807) is 27.7 Å². The molecule has 2 amide bonds. The monoisotopic (exact) mass is 268 g/mol. The zero-order chi connectivity index (χ0) is 14.4. The first kappa shape index (κ1) is 14.2. The van der Waals surface area contributed by atoms with E-state index in [9.17, 15) is 9.59 Å². The van der Waals surface area contributed by atoms with Gasteiger partial charge < -0.3 is 15.0 Å². The van der Waals surface area contributed by atoms with Crippen molar-refractivity contribution < 1.29 is 14.3 Å². The molecule has 2 aliphatic heterocycles. The third kappa shape index (κ3) is 2.85. The molecule has 108 valence electrons. The third-order valence-electron chi connectivity index (χ3n) is 3.92. The molecule has 2 saturated heterocycles. The molecule has 0 aromatic heterocycles. The van der Waals surface area contributed by atoms with E-state index in [1.807, 2.05) is 4.90 Å². The molecular formula is C14H24N2O3. The molecule has 5 nitrogen and oxygen atoms in total. The number of fused-ring (bicyclic) bond motifs is 1. The zero-order valence-corrected chi connectivity index (χ0v) is 12.4. The Bertz CT molecular complexity index is 394. The quantitative estimate of drug-likeness (QED) is 0.832. The minimum atomic E-state index is -0.548. The maximum Gasteiger partial charge on any atom is 0.408 e. The number of hydrogen-bond acceptors (Lipinski definition) is 3. The van der Waals surface area contributed by atoms with Crippen molar-refractivity contribution >= 4 is 12.0 Å². The molecule has 1 atom stereocenters. The molecule has 3 aliphatic rings. The predicted octanol–water partition coefficient (Wildman–Crippen LogP) is 1.91. The summed E-state index contributed by atoms with van der Waals surface area (Å²) in [6, 6.07) is -0.536. The zero-order valence-electron chi connectivity index (χ0n) is 12.4. The number of nitrogens with zero attached hydrogens (tertiary/aromatic N) is 1. The minimum Gasteiger partial charge on any atom is -0.444 e. The van der Waals surface area contributed by atoms with Crippen molar-refractivity contribution in [1.29, 1.82) is 0 Å². The molecule has 0 unspecified atom stereocenters. The van der Waals surface area contributed by atoms with Gasteiger partial charge in [0.2, 0.25) is 5.91 Å². The highest BCUT2D eigenvalue weighted by molar-refractivity contribution is 5.86. The molecule has 3 fully saturated rings. The first-order valence-corrected chi connectivity index (χ1v) is 6.92. The van der Waals surface area contributed by atoms with Crippen LogP contribution in [0.3, 0.4) is 0 Å². The second-order valence-corrected chi connectivity index (χ2v) is 7.09. The van der Waals surface area contributed by atoms with Crippen LogP contribution >= 0.6 is 0 Å². The van der Waals surface area contributed by atoms with Crippen molar-refractivity contribution in [1.82, 2.24) is 10.2 Å². The van der Waals surface area contributed by atoms with Crippen LogP contribution in [0, 0.1) is 5.92 Å². The average molecular weight is 268 g/mol. The van der Waals surface area contributed by atoms with Crippen molar-refractivity contribution in [2.75, 3.05) is 6.54 Å². The normalized spacial score (nSPS) is 30.6. The van der Waals surface area contributed by atoms with Crippen LogP contribution < -0.4 is 5.32 Å². The Morgan fingerprint density at radius 1 is 1.37 bits per heavy atom. The van der Waals surface area contributed by atoms with Crippen molar-refractivity contribution in [3.05, 3.63) is 0 Å². The molecule has 2 heterocycles. The molecule has 5 heteroatoms. The highest BCUT2D eigenvalue weighted by Crippen LogP contribution is 2.50. The Kier molecular flexibility index (Phi) is 3.27. The molecule has 0 aromatic carbocycles. The van der Waals surface area contributed by atoms with E-state index >= 15 is 0 Å². The Morgan fingerprint density at radius 2 is 1.95 bits per heavy atom. The number of ether oxygens (including phenoxy) is 1. The molecule has 1 saturated carbocycles. The molecule has 0 spiro atoms. The summed E-state index contributed by atoms with van der Waals surface area (Å²) >= 11 is 0. The average Bonchev–Trinajstić information content (AvgIpc) is 2.65. The van der Waals surface area contributed by atoms with Gasteiger partial charge in [-0.25, -0.2) is 4.79 Å². The summed E-state index contributed by atoms with van der Waals surface area (Å²) in [5, 5.41) is 2.62. The van der Waals surface area contributed by atoms with Gasteiger partial charge in [0, 0.05) is 12.1 Å². The van der Waals surface area contributed by atoms with Gasteiger partial charge in [0.25, 0.3) is 0 Å². The minimum absolute atomic E-state index is 0.00615. The number of nitrogens with one attached hydrogen (secondary N) is 1. The standard InChI is InChI=1S/C14H24N2O3/c1-9(15-12(18)19-13(2,3)4)11(17)16-8-10-6-14(16,5)7-10/h9-10H,6-8H2,1-5H3,(H,15,18)/t9-,10?,14?/m1/s1. The fourth-order valence-corrected chi connectivity index (χ4v) is 3.15. The van der Waals surface area contributed by atoms with E-state index in [1.165, 1.54) is 0 Å². The van der Waals surface area contributed by atoms with E-state index in [0.717, 1.165) is 19.4 Å². The lowest BCUT2D eigenvalue weighted by Crippen LogP contribution is -2.53. The summed E-state index contributed by atoms with van der Waals surface area (Å²) in [6.07, 6.45) is 1.65. The van der Waals surface area contributed by atoms with Crippen LogP contribution in [0.1, 0.15) is 47.5 Å². The largest absolute Gasteiger partial charge is 0.444 e. The van der Waals surface area contributed by atoms with Crippen LogP contribution in [0.5, 0.6) is 0 Å². The molecule has 0 radical (unpaired) electrons. The third-order valence-corrected chi connectivity index (χ3v) is 3.92. The van der Waals surface area contributed by atoms with Gasteiger partial charge >= 0.3 is 6.09 Å². The van der Waals surface area contributed by atoms with Crippen LogP contribution in [0.15, 0.2) is 0 Å². The fraction of sp³-hybridized carbons (Fsp3) is 0.857. The van der Waals surface area contributed by atoms with Gasteiger partial charge in [0.1, 0.15) is 11.6 Å². The number of alkyl carbamates (subject to hydrolysis) is 1. The van der Waals surface area contributed by atoms with E-state index in [0.29, 0.717) is 5.92 Å². The second-order valence-electron chi connectivity index (χ2n) is 7.09. The van der Waals surface area contributed by atoms with E-state index < -0.39 is 17.7 Å². The first-order chi connectivity index (χ1) is 8.61. The number of amides is 2. The number of hydrogen-bond donors (Lipinski definition) is 1. The van der Waals surface area contributed by atoms with Crippen molar-refractivity contribution in [3.8, 4) is 0 Å². The highest BCUT2D eigenvalue weighted by Gasteiger charge is 2.55. The Balaban J connectivity index is 1.88. The second kappa shape index (κ2) is 4.39. The lowest BCUT2D eigenvalue weighted by Gasteiger charge is -2.39. The Morgan fingerprint density at radius 3 is 2.37 bits per heavy atom. The summed E-state index contributed by atoms with van der Waals surface area (Å²) in [4.78, 5) is 25.9. The molecule has 1 aliphatic carbocycles. The summed E-state index contributed by atoms with van der Waals surface area (Å²) in [5.74, 6) is 0.649. The molecular weight excluding hydrogens is 244 g/mol. The van der Waals surface area contributed by atoms with Crippen LogP contribution in [0.25, 0.3) is 0 Å². The van der Waals surface area contributed by atoms with Crippen molar-refractivity contribution in [2.45, 2.75) is 64.6 Å². The molecule has 2 bridgehead atoms. The van der Waals surface area contributed by atoms with Gasteiger partial charge in [0.05, 0.1) is 0 Å². The number of carbonyl (C=O) groups excluding carboxylic acids is 2. The van der Waals surface area contributed by atoms with Gasteiger partial charge in [-0.1, -0.05) is 0 Å². The number of rotatable bonds is 2. The van der Waals surface area contributed by atoms with Gasteiger partial charge in [-0.05, 0) is 53.4 Å². The van der Waals surface area contributed by atoms with Crippen LogP contribution in [0.4, 0.5) is 4.79 Å². The molecule has 0 aromatic rings. The highest BCUT2D eigenvalue weighted by atomic mass is 16.6. The van der Waals surface area contributed by atoms with Gasteiger partial charge in [-0.15, -0.1) is 0 Å². The smallest absolute Gasteiger partial charge is 0.408 e. The Labute approximate surface area is 114 Å².